The third-order valence-electron chi connectivity index (χ3n) is 2.26. The van der Waals surface area contributed by atoms with E-state index in [4.69, 9.17) is 11.6 Å². The van der Waals surface area contributed by atoms with Crippen molar-refractivity contribution in [3.63, 3.8) is 0 Å². The average Bonchev–Trinajstić information content (AvgIpc) is 2.15. The highest BCUT2D eigenvalue weighted by Gasteiger charge is 2.26. The maximum Gasteiger partial charge on any atom is 0.242 e. The zero-order chi connectivity index (χ0) is 13.1. The third-order valence-corrected chi connectivity index (χ3v) is 4.85. The van der Waals surface area contributed by atoms with Gasteiger partial charge in [0.05, 0.1) is 5.02 Å². The van der Waals surface area contributed by atoms with E-state index in [0.29, 0.717) is 6.42 Å². The standard InChI is InChI=1S/C11H15BrClNO2S/c1-11(2,7-8-12)14-17(15,16)10-6-4-3-5-9(10)13/h3-6,14H,7-8H2,1-2H3. The number of rotatable bonds is 5. The van der Waals surface area contributed by atoms with Crippen LogP contribution in [0, 0.1) is 0 Å². The normalized spacial score (nSPS) is 12.7. The second-order valence-electron chi connectivity index (χ2n) is 4.36. The summed E-state index contributed by atoms with van der Waals surface area (Å²) in [7, 11) is -3.57. The molecule has 0 saturated carbocycles. The topological polar surface area (TPSA) is 46.2 Å². The summed E-state index contributed by atoms with van der Waals surface area (Å²) in [5, 5.41) is 0.958. The lowest BCUT2D eigenvalue weighted by Crippen LogP contribution is -2.43. The summed E-state index contributed by atoms with van der Waals surface area (Å²) in [4.78, 5) is 0.115. The number of sulfonamides is 1. The van der Waals surface area contributed by atoms with E-state index < -0.39 is 15.6 Å². The van der Waals surface area contributed by atoms with Crippen molar-refractivity contribution in [2.45, 2.75) is 30.7 Å². The summed E-state index contributed by atoms with van der Waals surface area (Å²) < 4.78 is 26.9. The zero-order valence-electron chi connectivity index (χ0n) is 9.70. The van der Waals surface area contributed by atoms with E-state index in [1.165, 1.54) is 6.07 Å². The molecule has 0 spiro atoms. The highest BCUT2D eigenvalue weighted by Crippen LogP contribution is 2.22. The molecule has 96 valence electrons. The van der Waals surface area contributed by atoms with Crippen molar-refractivity contribution in [1.82, 2.24) is 4.72 Å². The van der Waals surface area contributed by atoms with E-state index >= 15 is 0 Å². The van der Waals surface area contributed by atoms with Crippen LogP contribution in [0.15, 0.2) is 29.2 Å². The van der Waals surface area contributed by atoms with Crippen LogP contribution in [-0.4, -0.2) is 19.3 Å². The van der Waals surface area contributed by atoms with Gasteiger partial charge in [0, 0.05) is 10.9 Å². The lowest BCUT2D eigenvalue weighted by Gasteiger charge is -2.25. The van der Waals surface area contributed by atoms with Crippen molar-refractivity contribution < 1.29 is 8.42 Å². The fraction of sp³-hybridized carbons (Fsp3) is 0.455. The van der Waals surface area contributed by atoms with Gasteiger partial charge in [-0.3, -0.25) is 0 Å². The van der Waals surface area contributed by atoms with Crippen LogP contribution in [0.2, 0.25) is 5.02 Å². The van der Waals surface area contributed by atoms with E-state index in [-0.39, 0.29) is 9.92 Å². The van der Waals surface area contributed by atoms with Crippen molar-refractivity contribution >= 4 is 37.6 Å². The van der Waals surface area contributed by atoms with E-state index in [9.17, 15) is 8.42 Å². The molecule has 0 unspecified atom stereocenters. The Morgan fingerprint density at radius 3 is 2.47 bits per heavy atom. The van der Waals surface area contributed by atoms with Crippen LogP contribution < -0.4 is 4.72 Å². The smallest absolute Gasteiger partial charge is 0.207 e. The number of benzene rings is 1. The van der Waals surface area contributed by atoms with Gasteiger partial charge < -0.3 is 0 Å². The summed E-state index contributed by atoms with van der Waals surface area (Å²) in [6, 6.07) is 6.41. The van der Waals surface area contributed by atoms with Crippen molar-refractivity contribution in [2.24, 2.45) is 0 Å². The third kappa shape index (κ3) is 4.25. The molecule has 1 rings (SSSR count). The number of alkyl halides is 1. The molecule has 0 aliphatic heterocycles. The second kappa shape index (κ2) is 5.69. The molecule has 17 heavy (non-hydrogen) atoms. The number of hydrogen-bond acceptors (Lipinski definition) is 2. The Kier molecular flexibility index (Phi) is 5.01. The van der Waals surface area contributed by atoms with Crippen LogP contribution in [-0.2, 0) is 10.0 Å². The van der Waals surface area contributed by atoms with Crippen LogP contribution in [0.3, 0.4) is 0 Å². The van der Waals surface area contributed by atoms with Crippen LogP contribution in [0.1, 0.15) is 20.3 Å². The molecule has 1 N–H and O–H groups in total. The Morgan fingerprint density at radius 2 is 1.94 bits per heavy atom. The molecule has 0 aliphatic rings. The van der Waals surface area contributed by atoms with Crippen LogP contribution in [0.4, 0.5) is 0 Å². The van der Waals surface area contributed by atoms with Crippen LogP contribution >= 0.6 is 27.5 Å². The second-order valence-corrected chi connectivity index (χ2v) is 7.21. The molecule has 0 fully saturated rings. The largest absolute Gasteiger partial charge is 0.242 e. The van der Waals surface area contributed by atoms with Gasteiger partial charge in [0.1, 0.15) is 4.90 Å². The van der Waals surface area contributed by atoms with E-state index in [0.717, 1.165) is 5.33 Å². The van der Waals surface area contributed by atoms with Crippen LogP contribution in [0.5, 0.6) is 0 Å². The highest BCUT2D eigenvalue weighted by molar-refractivity contribution is 9.09. The molecule has 1 aromatic carbocycles. The van der Waals surface area contributed by atoms with E-state index in [1.807, 2.05) is 13.8 Å². The molecule has 0 aromatic heterocycles. The van der Waals surface area contributed by atoms with Gasteiger partial charge in [-0.1, -0.05) is 39.7 Å². The molecule has 3 nitrogen and oxygen atoms in total. The lowest BCUT2D eigenvalue weighted by atomic mass is 10.0. The molecule has 1 aromatic rings. The predicted molar refractivity (Wildman–Crippen MR) is 74.3 cm³/mol. The minimum Gasteiger partial charge on any atom is -0.207 e. The monoisotopic (exact) mass is 339 g/mol. The molecule has 0 bridgehead atoms. The van der Waals surface area contributed by atoms with Crippen molar-refractivity contribution in [3.05, 3.63) is 29.3 Å². The lowest BCUT2D eigenvalue weighted by molar-refractivity contribution is 0.443. The Hall–Kier alpha value is -0.100. The predicted octanol–water partition coefficient (Wildman–Crippen LogP) is 3.18. The molecule has 0 aliphatic carbocycles. The SMILES string of the molecule is CC(C)(CCBr)NS(=O)(=O)c1ccccc1Cl. The van der Waals surface area contributed by atoms with Gasteiger partial charge in [-0.2, -0.15) is 0 Å². The number of halogens is 2. The molecule has 0 atom stereocenters. The maximum atomic E-state index is 12.1. The Bertz CT molecular complexity index is 488. The summed E-state index contributed by atoms with van der Waals surface area (Å²) in [6.07, 6.45) is 0.691. The molecule has 0 amide bonds. The minimum atomic E-state index is -3.57. The van der Waals surface area contributed by atoms with Gasteiger partial charge in [0.25, 0.3) is 0 Å². The van der Waals surface area contributed by atoms with Gasteiger partial charge >= 0.3 is 0 Å². The number of hydrogen-bond donors (Lipinski definition) is 1. The van der Waals surface area contributed by atoms with Gasteiger partial charge in [-0.25, -0.2) is 13.1 Å². The van der Waals surface area contributed by atoms with Gasteiger partial charge in [0.15, 0.2) is 0 Å². The summed E-state index contributed by atoms with van der Waals surface area (Å²) in [6.45, 7) is 3.67. The van der Waals surface area contributed by atoms with Gasteiger partial charge in [0.2, 0.25) is 10.0 Å². The quantitative estimate of drug-likeness (QED) is 0.837. The molecule has 0 saturated heterocycles. The van der Waals surface area contributed by atoms with Crippen molar-refractivity contribution in [1.29, 1.82) is 0 Å². The Labute approximate surface area is 116 Å². The number of nitrogens with one attached hydrogen (secondary N) is 1. The van der Waals surface area contributed by atoms with Crippen molar-refractivity contribution in [3.8, 4) is 0 Å². The molecular weight excluding hydrogens is 326 g/mol. The highest BCUT2D eigenvalue weighted by atomic mass is 79.9. The Balaban J connectivity index is 3.02. The average molecular weight is 341 g/mol. The first kappa shape index (κ1) is 15.0. The summed E-state index contributed by atoms with van der Waals surface area (Å²) in [5.41, 5.74) is -0.512. The van der Waals surface area contributed by atoms with E-state index in [2.05, 4.69) is 20.7 Å². The first-order valence-corrected chi connectivity index (χ1v) is 8.11. The van der Waals surface area contributed by atoms with E-state index in [1.54, 1.807) is 18.2 Å². The maximum absolute atomic E-state index is 12.1. The first-order valence-electron chi connectivity index (χ1n) is 5.13. The molecular formula is C11H15BrClNO2S. The fourth-order valence-electron chi connectivity index (χ4n) is 1.37. The molecule has 0 radical (unpaired) electrons. The Morgan fingerprint density at radius 1 is 1.35 bits per heavy atom. The summed E-state index contributed by atoms with van der Waals surface area (Å²) in [5.74, 6) is 0. The molecule has 0 heterocycles. The minimum absolute atomic E-state index is 0.115. The van der Waals surface area contributed by atoms with Crippen molar-refractivity contribution in [2.75, 3.05) is 5.33 Å². The molecule has 6 heteroatoms. The van der Waals surface area contributed by atoms with Gasteiger partial charge in [-0.15, -0.1) is 0 Å². The summed E-state index contributed by atoms with van der Waals surface area (Å²) >= 11 is 9.19. The van der Waals surface area contributed by atoms with Gasteiger partial charge in [-0.05, 0) is 32.4 Å². The fourth-order valence-corrected chi connectivity index (χ4v) is 4.32. The van der Waals surface area contributed by atoms with Crippen LogP contribution in [0.25, 0.3) is 0 Å². The first-order chi connectivity index (χ1) is 7.78. The zero-order valence-corrected chi connectivity index (χ0v) is 12.9.